The molecule has 27 heavy (non-hydrogen) atoms. The predicted molar refractivity (Wildman–Crippen MR) is 105 cm³/mol. The van der Waals surface area contributed by atoms with E-state index in [1.807, 2.05) is 24.3 Å². The Balaban J connectivity index is 1.63. The maximum absolute atomic E-state index is 13.6. The van der Waals surface area contributed by atoms with Gasteiger partial charge in [-0.1, -0.05) is 48.5 Å². The second-order valence-electron chi connectivity index (χ2n) is 6.18. The van der Waals surface area contributed by atoms with Crippen LogP contribution in [0, 0.1) is 5.82 Å². The molecule has 0 radical (unpaired) electrons. The molecule has 5 heteroatoms. The van der Waals surface area contributed by atoms with Gasteiger partial charge in [-0.05, 0) is 30.7 Å². The second-order valence-corrected chi connectivity index (χ2v) is 6.18. The van der Waals surface area contributed by atoms with Crippen LogP contribution in [0.15, 0.2) is 72.9 Å². The molecule has 138 valence electrons. The van der Waals surface area contributed by atoms with Crippen LogP contribution in [0.4, 0.5) is 10.1 Å². The van der Waals surface area contributed by atoms with Crippen LogP contribution in [0.2, 0.25) is 0 Å². The van der Waals surface area contributed by atoms with Crippen molar-refractivity contribution in [1.82, 2.24) is 10.3 Å². The smallest absolute Gasteiger partial charge is 0.270 e. The zero-order chi connectivity index (χ0) is 19.1. The molecule has 0 aliphatic heterocycles. The highest BCUT2D eigenvalue weighted by Crippen LogP contribution is 2.16. The van der Waals surface area contributed by atoms with Gasteiger partial charge in [-0.15, -0.1) is 0 Å². The molecule has 0 spiro atoms. The zero-order valence-electron chi connectivity index (χ0n) is 15.2. The molecular weight excluding hydrogens is 341 g/mol. The monoisotopic (exact) mass is 363 g/mol. The molecule has 4 nitrogen and oxygen atoms in total. The molecule has 0 saturated heterocycles. The van der Waals surface area contributed by atoms with Crippen LogP contribution in [0.5, 0.6) is 0 Å². The quantitative estimate of drug-likeness (QED) is 0.685. The summed E-state index contributed by atoms with van der Waals surface area (Å²) < 4.78 is 13.6. The van der Waals surface area contributed by atoms with Crippen molar-refractivity contribution in [2.45, 2.75) is 20.0 Å². The third-order valence-electron chi connectivity index (χ3n) is 4.34. The van der Waals surface area contributed by atoms with Gasteiger partial charge >= 0.3 is 0 Å². The minimum Gasteiger partial charge on any atom is -0.366 e. The number of carbonyl (C=O) groups is 1. The van der Waals surface area contributed by atoms with Crippen molar-refractivity contribution in [3.63, 3.8) is 0 Å². The van der Waals surface area contributed by atoms with Crippen molar-refractivity contribution in [3.05, 3.63) is 95.6 Å². The van der Waals surface area contributed by atoms with E-state index in [1.165, 1.54) is 11.6 Å². The molecule has 0 atom stereocenters. The first-order chi connectivity index (χ1) is 13.2. The third-order valence-corrected chi connectivity index (χ3v) is 4.34. The number of nitrogens with zero attached hydrogens (tertiary/aromatic N) is 2. The average Bonchev–Trinajstić information content (AvgIpc) is 2.72. The van der Waals surface area contributed by atoms with E-state index in [4.69, 9.17) is 0 Å². The fourth-order valence-corrected chi connectivity index (χ4v) is 2.80. The molecule has 0 aliphatic rings. The Morgan fingerprint density at radius 2 is 1.78 bits per heavy atom. The maximum Gasteiger partial charge on any atom is 0.270 e. The number of halogens is 1. The van der Waals surface area contributed by atoms with Crippen LogP contribution in [-0.4, -0.2) is 17.4 Å². The Kier molecular flexibility index (Phi) is 6.15. The highest BCUT2D eigenvalue weighted by molar-refractivity contribution is 5.92. The Hall–Kier alpha value is -3.21. The third kappa shape index (κ3) is 4.91. The summed E-state index contributed by atoms with van der Waals surface area (Å²) >= 11 is 0. The number of carbonyl (C=O) groups excluding carboxylic acids is 1. The molecule has 3 rings (SSSR count). The summed E-state index contributed by atoms with van der Waals surface area (Å²) in [6.07, 6.45) is 1.70. The van der Waals surface area contributed by atoms with Crippen LogP contribution in [0.3, 0.4) is 0 Å². The molecule has 2 aromatic carbocycles. The van der Waals surface area contributed by atoms with Crippen molar-refractivity contribution in [3.8, 4) is 0 Å². The van der Waals surface area contributed by atoms with Gasteiger partial charge in [-0.3, -0.25) is 4.79 Å². The van der Waals surface area contributed by atoms with E-state index in [-0.39, 0.29) is 18.3 Å². The van der Waals surface area contributed by atoms with Gasteiger partial charge in [-0.25, -0.2) is 9.37 Å². The van der Waals surface area contributed by atoms with Crippen molar-refractivity contribution < 1.29 is 9.18 Å². The van der Waals surface area contributed by atoms with E-state index in [9.17, 15) is 9.18 Å². The van der Waals surface area contributed by atoms with Gasteiger partial charge in [0, 0.05) is 25.2 Å². The van der Waals surface area contributed by atoms with Crippen molar-refractivity contribution in [2.24, 2.45) is 0 Å². The zero-order valence-corrected chi connectivity index (χ0v) is 15.2. The van der Waals surface area contributed by atoms with Gasteiger partial charge in [0.25, 0.3) is 5.91 Å². The van der Waals surface area contributed by atoms with Crippen LogP contribution in [0.25, 0.3) is 0 Å². The molecule has 0 fully saturated rings. The molecule has 0 unspecified atom stereocenters. The standard InChI is InChI=1S/C22H22FN3O/c1-2-26(16-17-8-4-3-5-9-17)19-12-13-21(24-15-19)22(27)25-14-18-10-6-7-11-20(18)23/h3-13,15H,2,14,16H2,1H3,(H,25,27). The molecule has 0 saturated carbocycles. The predicted octanol–water partition coefficient (Wildman–Crippen LogP) is 4.18. The maximum atomic E-state index is 13.6. The fraction of sp³-hybridized carbons (Fsp3) is 0.182. The van der Waals surface area contributed by atoms with Crippen molar-refractivity contribution in [1.29, 1.82) is 0 Å². The highest BCUT2D eigenvalue weighted by atomic mass is 19.1. The number of benzene rings is 2. The van der Waals surface area contributed by atoms with E-state index in [0.717, 1.165) is 18.8 Å². The van der Waals surface area contributed by atoms with Crippen molar-refractivity contribution >= 4 is 11.6 Å². The van der Waals surface area contributed by atoms with Gasteiger partial charge in [-0.2, -0.15) is 0 Å². The number of amides is 1. The number of rotatable bonds is 7. The fourth-order valence-electron chi connectivity index (χ4n) is 2.80. The summed E-state index contributed by atoms with van der Waals surface area (Å²) in [6.45, 7) is 3.81. The molecule has 1 heterocycles. The summed E-state index contributed by atoms with van der Waals surface area (Å²) in [7, 11) is 0. The van der Waals surface area contributed by atoms with E-state index >= 15 is 0 Å². The molecule has 1 aromatic heterocycles. The average molecular weight is 363 g/mol. The SMILES string of the molecule is CCN(Cc1ccccc1)c1ccc(C(=O)NCc2ccccc2F)nc1. The second kappa shape index (κ2) is 8.94. The molecule has 0 aliphatic carbocycles. The number of nitrogens with one attached hydrogen (secondary N) is 1. The van der Waals surface area contributed by atoms with Crippen molar-refractivity contribution in [2.75, 3.05) is 11.4 Å². The summed E-state index contributed by atoms with van der Waals surface area (Å²) in [6, 6.07) is 20.2. The molecular formula is C22H22FN3O. The molecule has 1 amide bonds. The number of aromatic nitrogens is 1. The Morgan fingerprint density at radius 1 is 1.04 bits per heavy atom. The van der Waals surface area contributed by atoms with E-state index < -0.39 is 0 Å². The van der Waals surface area contributed by atoms with Gasteiger partial charge in [0.15, 0.2) is 0 Å². The minimum absolute atomic E-state index is 0.129. The molecule has 3 aromatic rings. The summed E-state index contributed by atoms with van der Waals surface area (Å²) in [5.74, 6) is -0.656. The van der Waals surface area contributed by atoms with Crippen LogP contribution in [-0.2, 0) is 13.1 Å². The van der Waals surface area contributed by atoms with Crippen LogP contribution in [0.1, 0.15) is 28.5 Å². The Bertz CT molecular complexity index is 882. The summed E-state index contributed by atoms with van der Waals surface area (Å²) in [5.41, 5.74) is 2.92. The van der Waals surface area contributed by atoms with Crippen LogP contribution >= 0.6 is 0 Å². The van der Waals surface area contributed by atoms with E-state index in [2.05, 4.69) is 34.3 Å². The lowest BCUT2D eigenvalue weighted by Crippen LogP contribution is -2.25. The number of hydrogen-bond acceptors (Lipinski definition) is 3. The van der Waals surface area contributed by atoms with Crippen LogP contribution < -0.4 is 10.2 Å². The number of pyridine rings is 1. The lowest BCUT2D eigenvalue weighted by Gasteiger charge is -2.23. The van der Waals surface area contributed by atoms with Gasteiger partial charge in [0.1, 0.15) is 11.5 Å². The number of anilines is 1. The normalized spacial score (nSPS) is 10.4. The lowest BCUT2D eigenvalue weighted by molar-refractivity contribution is 0.0945. The highest BCUT2D eigenvalue weighted by Gasteiger charge is 2.11. The first kappa shape index (κ1) is 18.6. The summed E-state index contributed by atoms with van der Waals surface area (Å²) in [5, 5.41) is 2.70. The molecule has 0 bridgehead atoms. The van der Waals surface area contributed by atoms with E-state index in [0.29, 0.717) is 11.3 Å². The Morgan fingerprint density at radius 3 is 2.44 bits per heavy atom. The number of hydrogen-bond donors (Lipinski definition) is 1. The first-order valence-electron chi connectivity index (χ1n) is 8.94. The first-order valence-corrected chi connectivity index (χ1v) is 8.94. The van der Waals surface area contributed by atoms with Gasteiger partial charge in [0.2, 0.25) is 0 Å². The Labute approximate surface area is 158 Å². The van der Waals surface area contributed by atoms with Gasteiger partial charge < -0.3 is 10.2 Å². The topological polar surface area (TPSA) is 45.2 Å². The van der Waals surface area contributed by atoms with E-state index in [1.54, 1.807) is 30.5 Å². The molecule has 1 N–H and O–H groups in total. The van der Waals surface area contributed by atoms with Gasteiger partial charge in [0.05, 0.1) is 11.9 Å². The lowest BCUT2D eigenvalue weighted by atomic mass is 10.2. The largest absolute Gasteiger partial charge is 0.366 e. The summed E-state index contributed by atoms with van der Waals surface area (Å²) in [4.78, 5) is 18.7. The minimum atomic E-state index is -0.333.